The summed E-state index contributed by atoms with van der Waals surface area (Å²) in [7, 11) is -0.858. The highest BCUT2D eigenvalue weighted by molar-refractivity contribution is 7.92. The Balaban J connectivity index is 1.86. The van der Waals surface area contributed by atoms with E-state index in [0.717, 1.165) is 5.56 Å². The summed E-state index contributed by atoms with van der Waals surface area (Å²) in [6.07, 6.45) is 0. The first kappa shape index (κ1) is 21.2. The van der Waals surface area contributed by atoms with Gasteiger partial charge in [0.15, 0.2) is 0 Å². The van der Waals surface area contributed by atoms with Crippen LogP contribution in [0.5, 0.6) is 11.5 Å². The van der Waals surface area contributed by atoms with Crippen molar-refractivity contribution in [3.8, 4) is 11.5 Å². The minimum absolute atomic E-state index is 0.0176. The van der Waals surface area contributed by atoms with Crippen molar-refractivity contribution in [2.24, 2.45) is 0 Å². The molecule has 8 heteroatoms. The highest BCUT2D eigenvalue weighted by atomic mass is 32.2. The van der Waals surface area contributed by atoms with Crippen LogP contribution in [0.15, 0.2) is 71.6 Å². The van der Waals surface area contributed by atoms with Gasteiger partial charge >= 0.3 is 0 Å². The summed E-state index contributed by atoms with van der Waals surface area (Å²) < 4.78 is 38.6. The molecule has 0 saturated heterocycles. The Morgan fingerprint density at radius 3 is 2.33 bits per heavy atom. The van der Waals surface area contributed by atoms with Crippen LogP contribution in [-0.2, 0) is 10.0 Å². The molecular weight excluding hydrogens is 404 g/mol. The molecule has 0 aliphatic heterocycles. The van der Waals surface area contributed by atoms with Gasteiger partial charge in [-0.2, -0.15) is 0 Å². The molecule has 0 aromatic heterocycles. The van der Waals surface area contributed by atoms with Crippen molar-refractivity contribution in [1.82, 2.24) is 0 Å². The number of rotatable bonds is 7. The lowest BCUT2D eigenvalue weighted by atomic mass is 10.2. The van der Waals surface area contributed by atoms with Crippen LogP contribution in [0.3, 0.4) is 0 Å². The molecule has 0 aliphatic carbocycles. The van der Waals surface area contributed by atoms with Crippen LogP contribution in [0.4, 0.5) is 11.4 Å². The first-order chi connectivity index (χ1) is 14.3. The maximum absolute atomic E-state index is 12.8. The van der Waals surface area contributed by atoms with Crippen LogP contribution < -0.4 is 19.5 Å². The van der Waals surface area contributed by atoms with Gasteiger partial charge in [-0.1, -0.05) is 24.3 Å². The number of carbonyl (C=O) groups is 1. The average molecular weight is 426 g/mol. The maximum Gasteiger partial charge on any atom is 0.261 e. The lowest BCUT2D eigenvalue weighted by Gasteiger charge is -2.13. The number of para-hydroxylation sites is 1. The number of sulfonamides is 1. The zero-order valence-corrected chi connectivity index (χ0v) is 17.6. The molecular formula is C22H22N2O5S. The minimum atomic E-state index is -3.86. The summed E-state index contributed by atoms with van der Waals surface area (Å²) in [4.78, 5) is 12.7. The van der Waals surface area contributed by atoms with E-state index in [1.807, 2.05) is 19.1 Å². The zero-order chi connectivity index (χ0) is 21.7. The van der Waals surface area contributed by atoms with Crippen LogP contribution in [0.1, 0.15) is 15.9 Å². The number of methoxy groups -OCH3 is 2. The van der Waals surface area contributed by atoms with E-state index in [9.17, 15) is 13.2 Å². The standard InChI is InChI=1S/C22H22N2O5S/c1-15-7-4-5-10-19(15)24-30(26,27)18-9-6-8-16(13-18)22(25)23-20-14-17(28-2)11-12-21(20)29-3/h4-14,24H,1-3H3,(H,23,25). The van der Waals surface area contributed by atoms with Gasteiger partial charge in [-0.3, -0.25) is 9.52 Å². The molecule has 0 radical (unpaired) electrons. The van der Waals surface area contributed by atoms with E-state index in [1.165, 1.54) is 38.5 Å². The van der Waals surface area contributed by atoms with E-state index in [1.54, 1.807) is 30.3 Å². The quantitative estimate of drug-likeness (QED) is 0.594. The topological polar surface area (TPSA) is 93.7 Å². The SMILES string of the molecule is COc1ccc(OC)c(NC(=O)c2cccc(S(=O)(=O)Nc3ccccc3C)c2)c1. The first-order valence-corrected chi connectivity index (χ1v) is 10.5. The average Bonchev–Trinajstić information content (AvgIpc) is 2.75. The van der Waals surface area contributed by atoms with Crippen molar-refractivity contribution in [2.75, 3.05) is 24.3 Å². The Bertz CT molecular complexity index is 1180. The number of amides is 1. The van der Waals surface area contributed by atoms with Crippen LogP contribution in [-0.4, -0.2) is 28.5 Å². The molecule has 0 heterocycles. The number of nitrogens with one attached hydrogen (secondary N) is 2. The van der Waals surface area contributed by atoms with Crippen molar-refractivity contribution in [3.63, 3.8) is 0 Å². The minimum Gasteiger partial charge on any atom is -0.497 e. The van der Waals surface area contributed by atoms with E-state index in [-0.39, 0.29) is 10.5 Å². The number of ether oxygens (including phenoxy) is 2. The molecule has 156 valence electrons. The summed E-state index contributed by atoms with van der Waals surface area (Å²) >= 11 is 0. The highest BCUT2D eigenvalue weighted by Gasteiger charge is 2.18. The molecule has 0 unspecified atom stereocenters. The number of carbonyl (C=O) groups excluding carboxylic acids is 1. The van der Waals surface area contributed by atoms with Gasteiger partial charge in [0.2, 0.25) is 0 Å². The predicted molar refractivity (Wildman–Crippen MR) is 116 cm³/mol. The second kappa shape index (κ2) is 8.87. The Kier molecular flexibility index (Phi) is 6.27. The maximum atomic E-state index is 12.8. The lowest BCUT2D eigenvalue weighted by molar-refractivity contribution is 0.102. The summed E-state index contributed by atoms with van der Waals surface area (Å²) in [6, 6.07) is 17.9. The van der Waals surface area contributed by atoms with Crippen LogP contribution in [0.2, 0.25) is 0 Å². The molecule has 0 aliphatic rings. The second-order valence-electron chi connectivity index (χ2n) is 6.47. The Morgan fingerprint density at radius 2 is 1.63 bits per heavy atom. The van der Waals surface area contributed by atoms with Gasteiger partial charge in [-0.15, -0.1) is 0 Å². The van der Waals surface area contributed by atoms with Crippen molar-refractivity contribution in [3.05, 3.63) is 77.9 Å². The molecule has 2 N–H and O–H groups in total. The third kappa shape index (κ3) is 4.72. The van der Waals surface area contributed by atoms with Crippen LogP contribution in [0, 0.1) is 6.92 Å². The van der Waals surface area contributed by atoms with E-state index < -0.39 is 15.9 Å². The lowest BCUT2D eigenvalue weighted by Crippen LogP contribution is -2.16. The molecule has 3 aromatic rings. The van der Waals surface area contributed by atoms with Crippen molar-refractivity contribution < 1.29 is 22.7 Å². The summed E-state index contributed by atoms with van der Waals surface area (Å²) in [5.41, 5.74) is 1.87. The van der Waals surface area contributed by atoms with Gasteiger partial charge in [-0.25, -0.2) is 8.42 Å². The Morgan fingerprint density at radius 1 is 0.867 bits per heavy atom. The molecule has 0 fully saturated rings. The van der Waals surface area contributed by atoms with Gasteiger partial charge in [0.25, 0.3) is 15.9 Å². The number of anilines is 2. The predicted octanol–water partition coefficient (Wildman–Crippen LogP) is 4.07. The number of hydrogen-bond donors (Lipinski definition) is 2. The summed E-state index contributed by atoms with van der Waals surface area (Å²) in [6.45, 7) is 1.81. The number of hydrogen-bond acceptors (Lipinski definition) is 5. The molecule has 0 spiro atoms. The largest absolute Gasteiger partial charge is 0.497 e. The smallest absolute Gasteiger partial charge is 0.261 e. The van der Waals surface area contributed by atoms with Gasteiger partial charge < -0.3 is 14.8 Å². The first-order valence-electron chi connectivity index (χ1n) is 9.06. The molecule has 3 aromatic carbocycles. The zero-order valence-electron chi connectivity index (χ0n) is 16.8. The molecule has 3 rings (SSSR count). The highest BCUT2D eigenvalue weighted by Crippen LogP contribution is 2.29. The van der Waals surface area contributed by atoms with Crippen molar-refractivity contribution >= 4 is 27.3 Å². The van der Waals surface area contributed by atoms with E-state index in [2.05, 4.69) is 10.0 Å². The number of benzene rings is 3. The van der Waals surface area contributed by atoms with Gasteiger partial charge in [0.1, 0.15) is 11.5 Å². The van der Waals surface area contributed by atoms with Crippen LogP contribution >= 0.6 is 0 Å². The third-order valence-corrected chi connectivity index (χ3v) is 5.81. The van der Waals surface area contributed by atoms with E-state index in [0.29, 0.717) is 22.9 Å². The Labute approximate surface area is 175 Å². The molecule has 30 heavy (non-hydrogen) atoms. The fourth-order valence-corrected chi connectivity index (χ4v) is 3.98. The van der Waals surface area contributed by atoms with Crippen molar-refractivity contribution in [1.29, 1.82) is 0 Å². The molecule has 7 nitrogen and oxygen atoms in total. The fourth-order valence-electron chi connectivity index (χ4n) is 2.80. The van der Waals surface area contributed by atoms with Gasteiger partial charge in [0, 0.05) is 11.6 Å². The monoisotopic (exact) mass is 426 g/mol. The van der Waals surface area contributed by atoms with E-state index in [4.69, 9.17) is 9.47 Å². The van der Waals surface area contributed by atoms with Gasteiger partial charge in [0.05, 0.1) is 30.5 Å². The molecule has 0 saturated carbocycles. The third-order valence-electron chi connectivity index (χ3n) is 4.45. The van der Waals surface area contributed by atoms with Crippen molar-refractivity contribution in [2.45, 2.75) is 11.8 Å². The second-order valence-corrected chi connectivity index (χ2v) is 8.15. The molecule has 0 atom stereocenters. The molecule has 1 amide bonds. The van der Waals surface area contributed by atoms with E-state index >= 15 is 0 Å². The fraction of sp³-hybridized carbons (Fsp3) is 0.136. The number of aryl methyl sites for hydroxylation is 1. The normalized spacial score (nSPS) is 10.9. The summed E-state index contributed by atoms with van der Waals surface area (Å²) in [5, 5.41) is 2.73. The Hall–Kier alpha value is -3.52. The summed E-state index contributed by atoms with van der Waals surface area (Å²) in [5.74, 6) is 0.522. The molecule has 0 bridgehead atoms. The van der Waals surface area contributed by atoms with Crippen LogP contribution in [0.25, 0.3) is 0 Å². The van der Waals surface area contributed by atoms with Gasteiger partial charge in [-0.05, 0) is 48.9 Å².